The molecule has 11 N–H and O–H groups in total. The SMILES string of the molecule is CC(NC(=O)C(CCCCN)NC(=O)C(CCC(N)=O)NC(=O)C(N)Cc1c[nH]c2ccccc12)C(=O)O. The Morgan fingerprint density at radius 3 is 2.24 bits per heavy atom. The Labute approximate surface area is 220 Å². The quantitative estimate of drug-likeness (QED) is 0.125. The molecule has 0 saturated carbocycles. The van der Waals surface area contributed by atoms with Crippen molar-refractivity contribution in [3.63, 3.8) is 0 Å². The van der Waals surface area contributed by atoms with E-state index in [1.54, 1.807) is 6.20 Å². The van der Waals surface area contributed by atoms with Crippen LogP contribution in [0.3, 0.4) is 0 Å². The van der Waals surface area contributed by atoms with Crippen LogP contribution in [0.4, 0.5) is 0 Å². The summed E-state index contributed by atoms with van der Waals surface area (Å²) in [4.78, 5) is 64.4. The fourth-order valence-electron chi connectivity index (χ4n) is 3.87. The molecule has 1 aromatic carbocycles. The van der Waals surface area contributed by atoms with Gasteiger partial charge in [0.05, 0.1) is 6.04 Å². The van der Waals surface area contributed by atoms with E-state index in [1.807, 2.05) is 24.3 Å². The molecule has 2 aromatic rings. The Morgan fingerprint density at radius 1 is 0.947 bits per heavy atom. The van der Waals surface area contributed by atoms with E-state index in [-0.39, 0.29) is 25.7 Å². The number of primary amides is 1. The summed E-state index contributed by atoms with van der Waals surface area (Å²) in [6.07, 6.45) is 2.90. The lowest BCUT2D eigenvalue weighted by molar-refractivity contribution is -0.141. The van der Waals surface area contributed by atoms with Crippen LogP contribution in [0.2, 0.25) is 0 Å². The maximum atomic E-state index is 13.1. The number of carbonyl (C=O) groups is 5. The summed E-state index contributed by atoms with van der Waals surface area (Å²) >= 11 is 0. The Balaban J connectivity index is 2.12. The smallest absolute Gasteiger partial charge is 0.325 e. The van der Waals surface area contributed by atoms with Crippen molar-refractivity contribution in [3.05, 3.63) is 36.0 Å². The first-order valence-corrected chi connectivity index (χ1v) is 12.5. The molecule has 4 atom stereocenters. The molecule has 0 radical (unpaired) electrons. The molecule has 38 heavy (non-hydrogen) atoms. The van der Waals surface area contributed by atoms with Crippen LogP contribution in [0.15, 0.2) is 30.5 Å². The molecule has 4 amide bonds. The zero-order valence-electron chi connectivity index (χ0n) is 21.4. The molecule has 13 nitrogen and oxygen atoms in total. The predicted octanol–water partition coefficient (Wildman–Crippen LogP) is -1.01. The minimum atomic E-state index is -1.24. The van der Waals surface area contributed by atoms with Crippen LogP contribution in [0.5, 0.6) is 0 Å². The monoisotopic (exact) mass is 531 g/mol. The van der Waals surface area contributed by atoms with Gasteiger partial charge in [0, 0.05) is 23.5 Å². The first-order valence-electron chi connectivity index (χ1n) is 12.5. The number of amides is 4. The number of aromatic nitrogens is 1. The van der Waals surface area contributed by atoms with Crippen LogP contribution in [-0.4, -0.2) is 70.4 Å². The number of nitrogens with two attached hydrogens (primary N) is 3. The van der Waals surface area contributed by atoms with Crippen molar-refractivity contribution in [2.24, 2.45) is 17.2 Å². The third kappa shape index (κ3) is 9.16. The third-order valence-electron chi connectivity index (χ3n) is 6.07. The Hall–Kier alpha value is -3.97. The summed E-state index contributed by atoms with van der Waals surface area (Å²) in [6.45, 7) is 1.67. The molecular weight excluding hydrogens is 494 g/mol. The number of H-pyrrole nitrogens is 1. The lowest BCUT2D eigenvalue weighted by atomic mass is 10.0. The molecule has 13 heteroatoms. The Kier molecular flexibility index (Phi) is 11.7. The van der Waals surface area contributed by atoms with E-state index in [4.69, 9.17) is 22.3 Å². The van der Waals surface area contributed by atoms with Gasteiger partial charge in [-0.2, -0.15) is 0 Å². The third-order valence-corrected chi connectivity index (χ3v) is 6.07. The van der Waals surface area contributed by atoms with Gasteiger partial charge in [-0.3, -0.25) is 24.0 Å². The van der Waals surface area contributed by atoms with E-state index < -0.39 is 53.8 Å². The number of aliphatic carboxylic acids is 1. The van der Waals surface area contributed by atoms with Gasteiger partial charge in [-0.25, -0.2) is 0 Å². The van der Waals surface area contributed by atoms with Crippen LogP contribution >= 0.6 is 0 Å². The number of rotatable bonds is 16. The molecule has 1 aromatic heterocycles. The van der Waals surface area contributed by atoms with E-state index in [9.17, 15) is 24.0 Å². The number of aromatic amines is 1. The fourth-order valence-corrected chi connectivity index (χ4v) is 3.87. The van der Waals surface area contributed by atoms with Crippen LogP contribution in [0.1, 0.15) is 44.6 Å². The first kappa shape index (κ1) is 30.3. The molecule has 0 aliphatic rings. The number of hydrogen-bond acceptors (Lipinski definition) is 7. The number of carboxylic acid groups (broad SMARTS) is 1. The van der Waals surface area contributed by atoms with Gasteiger partial charge in [-0.1, -0.05) is 18.2 Å². The first-order chi connectivity index (χ1) is 18.0. The maximum Gasteiger partial charge on any atom is 0.325 e. The van der Waals surface area contributed by atoms with Gasteiger partial charge in [0.15, 0.2) is 0 Å². The van der Waals surface area contributed by atoms with Crippen LogP contribution in [-0.2, 0) is 30.4 Å². The average Bonchev–Trinajstić information content (AvgIpc) is 3.28. The molecule has 2 rings (SSSR count). The minimum Gasteiger partial charge on any atom is -0.480 e. The summed E-state index contributed by atoms with van der Waals surface area (Å²) in [7, 11) is 0. The number of carboxylic acids is 1. The van der Waals surface area contributed by atoms with Crippen molar-refractivity contribution in [2.45, 2.75) is 69.6 Å². The Bertz CT molecular complexity index is 1130. The second kappa shape index (κ2) is 14.7. The summed E-state index contributed by atoms with van der Waals surface area (Å²) in [5.41, 5.74) is 18.6. The zero-order chi connectivity index (χ0) is 28.2. The van der Waals surface area contributed by atoms with Gasteiger partial charge in [0.2, 0.25) is 23.6 Å². The van der Waals surface area contributed by atoms with Crippen molar-refractivity contribution in [1.29, 1.82) is 0 Å². The van der Waals surface area contributed by atoms with Crippen LogP contribution < -0.4 is 33.2 Å². The number of fused-ring (bicyclic) bond motifs is 1. The lowest BCUT2D eigenvalue weighted by Gasteiger charge is -2.24. The highest BCUT2D eigenvalue weighted by Crippen LogP contribution is 2.19. The van der Waals surface area contributed by atoms with Crippen molar-refractivity contribution < 1.29 is 29.1 Å². The summed E-state index contributed by atoms with van der Waals surface area (Å²) in [5, 5.41) is 17.5. The number of para-hydroxylation sites is 1. The molecule has 0 fully saturated rings. The van der Waals surface area contributed by atoms with E-state index in [2.05, 4.69) is 20.9 Å². The molecule has 1 heterocycles. The van der Waals surface area contributed by atoms with E-state index >= 15 is 0 Å². The molecule has 0 aliphatic heterocycles. The summed E-state index contributed by atoms with van der Waals surface area (Å²) in [6, 6.07) is 3.08. The van der Waals surface area contributed by atoms with Gasteiger partial charge in [0.1, 0.15) is 18.1 Å². The van der Waals surface area contributed by atoms with Gasteiger partial charge >= 0.3 is 5.97 Å². The van der Waals surface area contributed by atoms with Gasteiger partial charge in [-0.15, -0.1) is 0 Å². The molecule has 0 saturated heterocycles. The number of carbonyl (C=O) groups excluding carboxylic acids is 4. The number of nitrogens with one attached hydrogen (secondary N) is 4. The van der Waals surface area contributed by atoms with Gasteiger partial charge < -0.3 is 43.2 Å². The second-order valence-corrected chi connectivity index (χ2v) is 9.15. The standard InChI is InChI=1S/C25H37N7O6/c1-14(25(37)38)30-23(35)19(8-4-5-11-26)32-24(36)20(9-10-21(28)33)31-22(34)17(27)12-15-13-29-18-7-3-2-6-16(15)18/h2-3,6-7,13-14,17,19-20,29H,4-5,8-12,26-27H2,1H3,(H2,28,33)(H,30,35)(H,31,34)(H,32,36)(H,37,38). The summed E-state index contributed by atoms with van der Waals surface area (Å²) in [5.74, 6) is -3.95. The lowest BCUT2D eigenvalue weighted by Crippen LogP contribution is -2.57. The highest BCUT2D eigenvalue weighted by Gasteiger charge is 2.29. The van der Waals surface area contributed by atoms with E-state index in [0.717, 1.165) is 16.5 Å². The van der Waals surface area contributed by atoms with Crippen molar-refractivity contribution in [1.82, 2.24) is 20.9 Å². The predicted molar refractivity (Wildman–Crippen MR) is 140 cm³/mol. The largest absolute Gasteiger partial charge is 0.480 e. The van der Waals surface area contributed by atoms with Crippen LogP contribution in [0.25, 0.3) is 10.9 Å². The molecule has 0 bridgehead atoms. The van der Waals surface area contributed by atoms with E-state index in [0.29, 0.717) is 19.4 Å². The normalized spacial score (nSPS) is 14.2. The molecule has 0 aliphatic carbocycles. The van der Waals surface area contributed by atoms with Gasteiger partial charge in [0.25, 0.3) is 0 Å². The number of hydrogen-bond donors (Lipinski definition) is 8. The minimum absolute atomic E-state index is 0.116. The molecule has 208 valence electrons. The fraction of sp³-hybridized carbons (Fsp3) is 0.480. The maximum absolute atomic E-state index is 13.1. The molecule has 4 unspecified atom stereocenters. The topological polar surface area (TPSA) is 236 Å². The number of unbranched alkanes of at least 4 members (excludes halogenated alkanes) is 1. The average molecular weight is 532 g/mol. The van der Waals surface area contributed by atoms with Crippen molar-refractivity contribution in [2.75, 3.05) is 6.54 Å². The van der Waals surface area contributed by atoms with E-state index in [1.165, 1.54) is 6.92 Å². The Morgan fingerprint density at radius 2 is 1.58 bits per heavy atom. The van der Waals surface area contributed by atoms with Crippen molar-refractivity contribution in [3.8, 4) is 0 Å². The van der Waals surface area contributed by atoms with Crippen LogP contribution in [0, 0.1) is 0 Å². The van der Waals surface area contributed by atoms with Gasteiger partial charge in [-0.05, 0) is 57.2 Å². The second-order valence-electron chi connectivity index (χ2n) is 9.15. The highest BCUT2D eigenvalue weighted by molar-refractivity contribution is 5.94. The highest BCUT2D eigenvalue weighted by atomic mass is 16.4. The summed E-state index contributed by atoms with van der Waals surface area (Å²) < 4.78 is 0. The van der Waals surface area contributed by atoms with Crippen molar-refractivity contribution >= 4 is 40.5 Å². The zero-order valence-corrected chi connectivity index (χ0v) is 21.4. The molecular formula is C25H37N7O6. The molecule has 0 spiro atoms. The number of benzene rings is 1.